The third-order valence-corrected chi connectivity index (χ3v) is 6.07. The summed E-state index contributed by atoms with van der Waals surface area (Å²) in [6.07, 6.45) is 3.17. The predicted molar refractivity (Wildman–Crippen MR) is 139 cm³/mol. The van der Waals surface area contributed by atoms with Crippen molar-refractivity contribution in [2.75, 3.05) is 24.9 Å². The minimum atomic E-state index is -0.747. The van der Waals surface area contributed by atoms with Gasteiger partial charge in [0.1, 0.15) is 17.5 Å². The Hall–Kier alpha value is -5.26. The summed E-state index contributed by atoms with van der Waals surface area (Å²) in [6, 6.07) is 14.1. The van der Waals surface area contributed by atoms with Crippen molar-refractivity contribution >= 4 is 23.2 Å². The molecule has 1 unspecified atom stereocenters. The molecular weight excluding hydrogens is 490 g/mol. The summed E-state index contributed by atoms with van der Waals surface area (Å²) in [5.74, 6) is 1.32. The average molecular weight is 514 g/mol. The van der Waals surface area contributed by atoms with Crippen LogP contribution >= 0.6 is 0 Å². The number of carbonyl (C=O) groups excluding carboxylic acids is 1. The molecule has 0 fully saturated rings. The first-order chi connectivity index (χ1) is 18.4. The zero-order valence-corrected chi connectivity index (χ0v) is 20.7. The molecule has 0 bridgehead atoms. The third-order valence-electron chi connectivity index (χ3n) is 6.07. The predicted octanol–water partition coefficient (Wildman–Crippen LogP) is 4.19. The van der Waals surface area contributed by atoms with Crippen LogP contribution in [-0.4, -0.2) is 44.8 Å². The normalized spacial score (nSPS) is 14.3. The molecule has 2 N–H and O–H groups in total. The lowest BCUT2D eigenvalue weighted by Crippen LogP contribution is -2.31. The molecule has 192 valence electrons. The van der Waals surface area contributed by atoms with E-state index in [0.717, 1.165) is 0 Å². The highest BCUT2D eigenvalue weighted by Gasteiger charge is 2.36. The van der Waals surface area contributed by atoms with E-state index < -0.39 is 11.0 Å². The molecule has 0 radical (unpaired) electrons. The van der Waals surface area contributed by atoms with Gasteiger partial charge in [0, 0.05) is 41.2 Å². The van der Waals surface area contributed by atoms with Crippen LogP contribution in [0.3, 0.4) is 0 Å². The Bertz CT molecular complexity index is 1570. The van der Waals surface area contributed by atoms with Crippen molar-refractivity contribution in [3.05, 3.63) is 93.9 Å². The number of non-ortho nitro benzene ring substituents is 1. The number of ether oxygens (including phenoxy) is 2. The van der Waals surface area contributed by atoms with Gasteiger partial charge in [0.15, 0.2) is 5.82 Å². The maximum absolute atomic E-state index is 13.7. The molecule has 1 aliphatic heterocycles. The second-order valence-electron chi connectivity index (χ2n) is 8.38. The van der Waals surface area contributed by atoms with Crippen molar-refractivity contribution in [1.29, 1.82) is 0 Å². The van der Waals surface area contributed by atoms with Gasteiger partial charge in [0.2, 0.25) is 5.95 Å². The van der Waals surface area contributed by atoms with Crippen LogP contribution in [-0.2, 0) is 4.79 Å². The molecule has 5 rings (SSSR count). The van der Waals surface area contributed by atoms with Crippen molar-refractivity contribution in [2.24, 2.45) is 0 Å². The van der Waals surface area contributed by atoms with Gasteiger partial charge in [0.05, 0.1) is 36.6 Å². The topological polar surface area (TPSA) is 146 Å². The van der Waals surface area contributed by atoms with Crippen LogP contribution in [0.25, 0.3) is 11.4 Å². The van der Waals surface area contributed by atoms with E-state index >= 15 is 0 Å². The van der Waals surface area contributed by atoms with Crippen LogP contribution in [0.15, 0.2) is 78.3 Å². The fourth-order valence-corrected chi connectivity index (χ4v) is 4.29. The second kappa shape index (κ2) is 10.0. The summed E-state index contributed by atoms with van der Waals surface area (Å²) in [6.45, 7) is 1.77. The molecule has 12 nitrogen and oxygen atoms in total. The number of benzene rings is 2. The number of fused-ring (bicyclic) bond motifs is 1. The number of nitro benzene ring substituents is 1. The van der Waals surface area contributed by atoms with Crippen LogP contribution in [0.1, 0.15) is 18.5 Å². The number of anilines is 2. The molecule has 1 amide bonds. The lowest BCUT2D eigenvalue weighted by molar-refractivity contribution is -0.384. The molecule has 1 aliphatic rings. The fraction of sp³-hybridized carbons (Fsp3) is 0.154. The minimum Gasteiger partial charge on any atom is -0.497 e. The standard InChI is InChI=1S/C26H23N7O5/c1-15-22(25(34)29-17-7-5-11-27-14-17)23(20-10-9-19(37-2)13-21(20)38-3)32-26(28-15)30-24(31-32)16-6-4-8-18(12-16)33(35)36/h4-14,23H,1-3H3,(H,29,34)(H,28,30,31). The maximum atomic E-state index is 13.7. The maximum Gasteiger partial charge on any atom is 0.270 e. The van der Waals surface area contributed by atoms with Crippen LogP contribution in [0, 0.1) is 10.1 Å². The molecule has 1 atom stereocenters. The van der Waals surface area contributed by atoms with Gasteiger partial charge in [-0.3, -0.25) is 19.9 Å². The van der Waals surface area contributed by atoms with E-state index in [0.29, 0.717) is 45.5 Å². The Morgan fingerprint density at radius 1 is 1.13 bits per heavy atom. The van der Waals surface area contributed by atoms with E-state index in [1.54, 1.807) is 73.6 Å². The van der Waals surface area contributed by atoms with E-state index in [4.69, 9.17) is 9.47 Å². The monoisotopic (exact) mass is 513 g/mol. The molecule has 3 heterocycles. The summed E-state index contributed by atoms with van der Waals surface area (Å²) in [5.41, 5.74) is 2.48. The number of nitrogens with one attached hydrogen (secondary N) is 2. The Balaban J connectivity index is 1.65. The first-order valence-electron chi connectivity index (χ1n) is 11.5. The Kier molecular flexibility index (Phi) is 6.44. The first-order valence-corrected chi connectivity index (χ1v) is 11.5. The van der Waals surface area contributed by atoms with Gasteiger partial charge in [-0.2, -0.15) is 4.98 Å². The largest absolute Gasteiger partial charge is 0.497 e. The number of carbonyl (C=O) groups is 1. The summed E-state index contributed by atoms with van der Waals surface area (Å²) < 4.78 is 12.6. The van der Waals surface area contributed by atoms with Crippen LogP contribution in [0.5, 0.6) is 11.5 Å². The van der Waals surface area contributed by atoms with Crippen molar-refractivity contribution in [2.45, 2.75) is 13.0 Å². The van der Waals surface area contributed by atoms with Gasteiger partial charge in [-0.05, 0) is 31.2 Å². The van der Waals surface area contributed by atoms with Gasteiger partial charge in [-0.1, -0.05) is 12.1 Å². The SMILES string of the molecule is COc1ccc(C2C(C(=O)Nc3cccnc3)=C(C)Nc3nc(-c4cccc([N+](=O)[O-])c4)nn32)c(OC)c1. The first kappa shape index (κ1) is 24.4. The number of pyridine rings is 1. The number of nitrogens with zero attached hydrogens (tertiary/aromatic N) is 5. The summed E-state index contributed by atoms with van der Waals surface area (Å²) in [7, 11) is 3.08. The van der Waals surface area contributed by atoms with Crippen molar-refractivity contribution in [3.8, 4) is 22.9 Å². The molecule has 4 aromatic rings. The van der Waals surface area contributed by atoms with Crippen LogP contribution in [0.2, 0.25) is 0 Å². The van der Waals surface area contributed by atoms with E-state index in [1.807, 2.05) is 0 Å². The summed E-state index contributed by atoms with van der Waals surface area (Å²) in [5, 5.41) is 22.0. The molecule has 2 aromatic carbocycles. The van der Waals surface area contributed by atoms with Crippen LogP contribution < -0.4 is 20.1 Å². The number of aromatic nitrogens is 4. The second-order valence-corrected chi connectivity index (χ2v) is 8.38. The highest BCUT2D eigenvalue weighted by atomic mass is 16.6. The number of hydrogen-bond donors (Lipinski definition) is 2. The lowest BCUT2D eigenvalue weighted by atomic mass is 9.94. The molecular formula is C26H23N7O5. The number of methoxy groups -OCH3 is 2. The quantitative estimate of drug-likeness (QED) is 0.274. The van der Waals surface area contributed by atoms with Crippen LogP contribution in [0.4, 0.5) is 17.3 Å². The molecule has 0 saturated carbocycles. The van der Waals surface area contributed by atoms with Gasteiger partial charge in [-0.15, -0.1) is 5.10 Å². The van der Waals surface area contributed by atoms with Gasteiger partial charge < -0.3 is 20.1 Å². The lowest BCUT2D eigenvalue weighted by Gasteiger charge is -2.29. The number of rotatable bonds is 7. The Labute approximate surface area is 217 Å². The zero-order valence-electron chi connectivity index (χ0n) is 20.7. The molecule has 0 spiro atoms. The fourth-order valence-electron chi connectivity index (χ4n) is 4.29. The Morgan fingerprint density at radius 2 is 1.97 bits per heavy atom. The molecule has 0 saturated heterocycles. The highest BCUT2D eigenvalue weighted by molar-refractivity contribution is 6.06. The van der Waals surface area contributed by atoms with Gasteiger partial charge in [0.25, 0.3) is 11.6 Å². The highest BCUT2D eigenvalue weighted by Crippen LogP contribution is 2.41. The summed E-state index contributed by atoms with van der Waals surface area (Å²) in [4.78, 5) is 33.1. The number of nitro groups is 1. The average Bonchev–Trinajstić information content (AvgIpc) is 3.36. The van der Waals surface area contributed by atoms with E-state index in [1.165, 1.54) is 19.2 Å². The van der Waals surface area contributed by atoms with Gasteiger partial charge >= 0.3 is 0 Å². The van der Waals surface area contributed by atoms with E-state index in [-0.39, 0.29) is 17.4 Å². The zero-order chi connectivity index (χ0) is 26.8. The smallest absolute Gasteiger partial charge is 0.270 e. The molecule has 0 aliphatic carbocycles. The van der Waals surface area contributed by atoms with E-state index in [2.05, 4.69) is 25.7 Å². The van der Waals surface area contributed by atoms with Crippen molar-refractivity contribution in [1.82, 2.24) is 19.7 Å². The van der Waals surface area contributed by atoms with E-state index in [9.17, 15) is 14.9 Å². The summed E-state index contributed by atoms with van der Waals surface area (Å²) >= 11 is 0. The van der Waals surface area contributed by atoms with Crippen molar-refractivity contribution < 1.29 is 19.2 Å². The third kappa shape index (κ3) is 4.50. The number of allylic oxidation sites excluding steroid dienone is 1. The number of amides is 1. The van der Waals surface area contributed by atoms with Crippen molar-refractivity contribution in [3.63, 3.8) is 0 Å². The number of hydrogen-bond acceptors (Lipinski definition) is 9. The van der Waals surface area contributed by atoms with Gasteiger partial charge in [-0.25, -0.2) is 4.68 Å². The molecule has 12 heteroatoms. The molecule has 2 aromatic heterocycles. The minimum absolute atomic E-state index is 0.0811. The Morgan fingerprint density at radius 3 is 2.68 bits per heavy atom. The molecule has 38 heavy (non-hydrogen) atoms.